The van der Waals surface area contributed by atoms with Crippen LogP contribution in [0.1, 0.15) is 12.5 Å². The highest BCUT2D eigenvalue weighted by atomic mass is 32.2. The van der Waals surface area contributed by atoms with Crippen LogP contribution >= 0.6 is 0 Å². The van der Waals surface area contributed by atoms with Gasteiger partial charge in [-0.2, -0.15) is 5.26 Å². The largest absolute Gasteiger partial charge is 0.382 e. The number of benzene rings is 1. The molecule has 4 heteroatoms. The lowest BCUT2D eigenvalue weighted by Gasteiger charge is -2.13. The van der Waals surface area contributed by atoms with E-state index in [1.807, 2.05) is 19.1 Å². The van der Waals surface area contributed by atoms with Crippen molar-refractivity contribution < 1.29 is 4.21 Å². The number of hydrogen-bond donors (Lipinski definition) is 1. The van der Waals surface area contributed by atoms with Crippen LogP contribution in [0.4, 0.5) is 5.69 Å². The highest BCUT2D eigenvalue weighted by Gasteiger charge is 2.04. The minimum atomic E-state index is -0.804. The lowest BCUT2D eigenvalue weighted by molar-refractivity contribution is 0.683. The fourth-order valence-electron chi connectivity index (χ4n) is 1.36. The molecule has 0 spiro atoms. The van der Waals surface area contributed by atoms with Crippen LogP contribution in [-0.4, -0.2) is 22.3 Å². The van der Waals surface area contributed by atoms with Crippen LogP contribution in [0, 0.1) is 11.3 Å². The number of nitrogens with one attached hydrogen (secondary N) is 1. The van der Waals surface area contributed by atoms with Crippen molar-refractivity contribution in [2.75, 3.05) is 17.3 Å². The Labute approximate surface area is 92.6 Å². The number of hydrogen-bond acceptors (Lipinski definition) is 3. The molecule has 80 valence electrons. The zero-order chi connectivity index (χ0) is 11.3. The third-order valence-corrected chi connectivity index (χ3v) is 2.86. The van der Waals surface area contributed by atoms with Gasteiger partial charge in [-0.15, -0.1) is 0 Å². The van der Waals surface area contributed by atoms with E-state index < -0.39 is 10.8 Å². The molecule has 0 aromatic heterocycles. The maximum atomic E-state index is 11.0. The molecule has 0 saturated heterocycles. The van der Waals surface area contributed by atoms with E-state index in [1.54, 1.807) is 18.4 Å². The average Bonchev–Trinajstić information content (AvgIpc) is 2.16. The molecule has 0 bridgehead atoms. The summed E-state index contributed by atoms with van der Waals surface area (Å²) in [6, 6.07) is 9.50. The molecule has 1 aromatic carbocycles. The van der Waals surface area contributed by atoms with Crippen molar-refractivity contribution in [3.8, 4) is 6.07 Å². The Morgan fingerprint density at radius 3 is 2.93 bits per heavy atom. The van der Waals surface area contributed by atoms with Crippen molar-refractivity contribution >= 4 is 16.5 Å². The number of nitrogens with zero attached hydrogens (tertiary/aromatic N) is 1. The van der Waals surface area contributed by atoms with E-state index in [0.29, 0.717) is 11.3 Å². The van der Waals surface area contributed by atoms with E-state index in [-0.39, 0.29) is 6.04 Å². The predicted molar refractivity (Wildman–Crippen MR) is 63.2 cm³/mol. The van der Waals surface area contributed by atoms with Crippen LogP contribution in [0.5, 0.6) is 0 Å². The molecule has 15 heavy (non-hydrogen) atoms. The van der Waals surface area contributed by atoms with Crippen LogP contribution in [0.3, 0.4) is 0 Å². The van der Waals surface area contributed by atoms with Gasteiger partial charge in [0, 0.05) is 34.5 Å². The molecule has 0 aliphatic carbocycles. The Kier molecular flexibility index (Phi) is 4.32. The van der Waals surface area contributed by atoms with Crippen LogP contribution in [0.25, 0.3) is 0 Å². The molecule has 2 unspecified atom stereocenters. The molecule has 2 atom stereocenters. The number of nitriles is 1. The van der Waals surface area contributed by atoms with Crippen molar-refractivity contribution in [3.63, 3.8) is 0 Å². The summed E-state index contributed by atoms with van der Waals surface area (Å²) in [5.41, 5.74) is 1.52. The normalized spacial score (nSPS) is 13.9. The standard InChI is InChI=1S/C11H14N2OS/c1-9(8-15(2)14)13-11-5-3-4-10(6-11)7-12/h3-6,9,13H,8H2,1-2H3. The van der Waals surface area contributed by atoms with Gasteiger partial charge in [0.05, 0.1) is 11.6 Å². The Hall–Kier alpha value is -1.34. The SMILES string of the molecule is CC(CS(C)=O)Nc1cccc(C#N)c1. The van der Waals surface area contributed by atoms with Crippen molar-refractivity contribution in [1.29, 1.82) is 5.26 Å². The molecule has 1 rings (SSSR count). The van der Waals surface area contributed by atoms with Gasteiger partial charge in [0.25, 0.3) is 0 Å². The van der Waals surface area contributed by atoms with Gasteiger partial charge in [-0.25, -0.2) is 0 Å². The molecule has 0 heterocycles. The predicted octanol–water partition coefficient (Wildman–Crippen LogP) is 1.74. The lowest BCUT2D eigenvalue weighted by Crippen LogP contribution is -2.22. The summed E-state index contributed by atoms with van der Waals surface area (Å²) in [6.45, 7) is 1.97. The van der Waals surface area contributed by atoms with Crippen LogP contribution in [0.2, 0.25) is 0 Å². The molecule has 0 aliphatic heterocycles. The van der Waals surface area contributed by atoms with E-state index in [4.69, 9.17) is 5.26 Å². The number of anilines is 1. The van der Waals surface area contributed by atoms with Gasteiger partial charge in [0.1, 0.15) is 0 Å². The van der Waals surface area contributed by atoms with Crippen LogP contribution < -0.4 is 5.32 Å². The quantitative estimate of drug-likeness (QED) is 0.844. The Morgan fingerprint density at radius 1 is 1.60 bits per heavy atom. The number of rotatable bonds is 4. The molecule has 0 radical (unpaired) electrons. The third kappa shape index (κ3) is 4.13. The first kappa shape index (κ1) is 11.7. The first-order valence-corrected chi connectivity index (χ1v) is 6.41. The summed E-state index contributed by atoms with van der Waals surface area (Å²) in [4.78, 5) is 0. The average molecular weight is 222 g/mol. The fourth-order valence-corrected chi connectivity index (χ4v) is 2.14. The van der Waals surface area contributed by atoms with Crippen molar-refractivity contribution in [2.24, 2.45) is 0 Å². The molecule has 3 nitrogen and oxygen atoms in total. The first-order valence-electron chi connectivity index (χ1n) is 4.68. The van der Waals surface area contributed by atoms with E-state index >= 15 is 0 Å². The zero-order valence-corrected chi connectivity index (χ0v) is 9.67. The van der Waals surface area contributed by atoms with Gasteiger partial charge >= 0.3 is 0 Å². The van der Waals surface area contributed by atoms with Gasteiger partial charge in [0.15, 0.2) is 0 Å². The summed E-state index contributed by atoms with van der Waals surface area (Å²) in [6.07, 6.45) is 1.68. The molecular weight excluding hydrogens is 208 g/mol. The summed E-state index contributed by atoms with van der Waals surface area (Å²) in [5.74, 6) is 0.608. The second-order valence-electron chi connectivity index (χ2n) is 3.48. The minimum Gasteiger partial charge on any atom is -0.382 e. The maximum absolute atomic E-state index is 11.0. The van der Waals surface area contributed by atoms with Gasteiger partial charge in [0.2, 0.25) is 0 Å². The second kappa shape index (κ2) is 5.52. The smallest absolute Gasteiger partial charge is 0.0992 e. The monoisotopic (exact) mass is 222 g/mol. The molecule has 0 aliphatic rings. The van der Waals surface area contributed by atoms with Crippen LogP contribution in [0.15, 0.2) is 24.3 Å². The molecule has 0 saturated carbocycles. The summed E-state index contributed by atoms with van der Waals surface area (Å²) < 4.78 is 11.0. The van der Waals surface area contributed by atoms with Gasteiger partial charge in [-0.05, 0) is 25.1 Å². The highest BCUT2D eigenvalue weighted by molar-refractivity contribution is 7.84. The second-order valence-corrected chi connectivity index (χ2v) is 4.96. The highest BCUT2D eigenvalue weighted by Crippen LogP contribution is 2.11. The Morgan fingerprint density at radius 2 is 2.33 bits per heavy atom. The molecule has 1 aromatic rings. The molecule has 1 N–H and O–H groups in total. The summed E-state index contributed by atoms with van der Waals surface area (Å²) in [5, 5.41) is 11.9. The van der Waals surface area contributed by atoms with Crippen molar-refractivity contribution in [3.05, 3.63) is 29.8 Å². The van der Waals surface area contributed by atoms with Crippen molar-refractivity contribution in [2.45, 2.75) is 13.0 Å². The molecule has 0 fully saturated rings. The maximum Gasteiger partial charge on any atom is 0.0992 e. The lowest BCUT2D eigenvalue weighted by atomic mass is 10.2. The van der Waals surface area contributed by atoms with E-state index in [2.05, 4.69) is 11.4 Å². The summed E-state index contributed by atoms with van der Waals surface area (Å²) >= 11 is 0. The zero-order valence-electron chi connectivity index (χ0n) is 8.86. The van der Waals surface area contributed by atoms with E-state index in [1.165, 1.54) is 0 Å². The third-order valence-electron chi connectivity index (χ3n) is 1.89. The van der Waals surface area contributed by atoms with Gasteiger partial charge in [-0.1, -0.05) is 6.07 Å². The van der Waals surface area contributed by atoms with Crippen molar-refractivity contribution in [1.82, 2.24) is 0 Å². The fraction of sp³-hybridized carbons (Fsp3) is 0.364. The summed E-state index contributed by atoms with van der Waals surface area (Å²) in [7, 11) is -0.804. The van der Waals surface area contributed by atoms with E-state index in [0.717, 1.165) is 5.69 Å². The Bertz CT molecular complexity index is 398. The topological polar surface area (TPSA) is 52.9 Å². The van der Waals surface area contributed by atoms with Gasteiger partial charge in [-0.3, -0.25) is 4.21 Å². The minimum absolute atomic E-state index is 0.143. The molecular formula is C11H14N2OS. The Balaban J connectivity index is 2.64. The van der Waals surface area contributed by atoms with Gasteiger partial charge < -0.3 is 5.32 Å². The molecule has 0 amide bonds. The van der Waals surface area contributed by atoms with E-state index in [9.17, 15) is 4.21 Å². The van der Waals surface area contributed by atoms with Crippen LogP contribution in [-0.2, 0) is 10.8 Å². The first-order chi connectivity index (χ1) is 7.11.